The number of rotatable bonds is 7. The van der Waals surface area contributed by atoms with E-state index < -0.39 is 4.92 Å². The zero-order valence-electron chi connectivity index (χ0n) is 11.5. The summed E-state index contributed by atoms with van der Waals surface area (Å²) in [5.74, 6) is 0.422. The van der Waals surface area contributed by atoms with Crippen molar-refractivity contribution >= 4 is 11.4 Å². The Morgan fingerprint density at radius 1 is 1.53 bits per heavy atom. The summed E-state index contributed by atoms with van der Waals surface area (Å²) in [5, 5.41) is 23.2. The molecule has 0 saturated heterocycles. The van der Waals surface area contributed by atoms with Gasteiger partial charge in [-0.2, -0.15) is 0 Å². The van der Waals surface area contributed by atoms with E-state index in [1.807, 2.05) is 13.8 Å². The molecule has 0 aromatic heterocycles. The predicted octanol–water partition coefficient (Wildman–Crippen LogP) is 2.42. The highest BCUT2D eigenvalue weighted by atomic mass is 16.6. The van der Waals surface area contributed by atoms with Crippen LogP contribution in [0.1, 0.15) is 20.3 Å². The Balaban J connectivity index is 2.87. The van der Waals surface area contributed by atoms with Crippen molar-refractivity contribution in [3.05, 3.63) is 28.3 Å². The highest BCUT2D eigenvalue weighted by Crippen LogP contribution is 2.30. The number of anilines is 1. The van der Waals surface area contributed by atoms with Gasteiger partial charge in [0, 0.05) is 18.0 Å². The Labute approximate surface area is 112 Å². The number of aliphatic hydroxyl groups excluding tert-OH is 1. The maximum Gasteiger partial charge on any atom is 0.273 e. The fourth-order valence-corrected chi connectivity index (χ4v) is 1.54. The van der Waals surface area contributed by atoms with Gasteiger partial charge < -0.3 is 15.2 Å². The molecule has 0 saturated carbocycles. The lowest BCUT2D eigenvalue weighted by Gasteiger charge is -2.26. The minimum Gasteiger partial charge on any atom is -0.494 e. The zero-order chi connectivity index (χ0) is 14.5. The van der Waals surface area contributed by atoms with E-state index in [2.05, 4.69) is 5.32 Å². The Hall–Kier alpha value is -1.82. The lowest BCUT2D eigenvalue weighted by molar-refractivity contribution is -0.384. The normalized spacial score (nSPS) is 13.7. The molecule has 0 bridgehead atoms. The minimum absolute atomic E-state index is 0.0113. The van der Waals surface area contributed by atoms with Crippen molar-refractivity contribution in [2.75, 3.05) is 25.6 Å². The molecule has 0 aliphatic carbocycles. The lowest BCUT2D eigenvalue weighted by atomic mass is 9.88. The standard InChI is InChI=1S/C13H20N2O4/c1-4-13(2,9-16)8-14-11-6-5-10(15(17)18)7-12(11)19-3/h5-7,14,16H,4,8-9H2,1-3H3. The predicted molar refractivity (Wildman–Crippen MR) is 73.6 cm³/mol. The number of ether oxygens (including phenoxy) is 1. The van der Waals surface area contributed by atoms with Crippen molar-refractivity contribution in [3.63, 3.8) is 0 Å². The second-order valence-electron chi connectivity index (χ2n) is 4.82. The van der Waals surface area contributed by atoms with Gasteiger partial charge in [-0.3, -0.25) is 10.1 Å². The van der Waals surface area contributed by atoms with Gasteiger partial charge in [0.05, 0.1) is 30.4 Å². The van der Waals surface area contributed by atoms with Crippen LogP contribution in [0.2, 0.25) is 0 Å². The molecule has 1 unspecified atom stereocenters. The van der Waals surface area contributed by atoms with Gasteiger partial charge in [0.1, 0.15) is 5.75 Å². The third-order valence-corrected chi connectivity index (χ3v) is 3.34. The molecule has 0 spiro atoms. The SMILES string of the molecule is CCC(C)(CO)CNc1ccc([N+](=O)[O-])cc1OC. The average Bonchev–Trinajstić information content (AvgIpc) is 2.44. The highest BCUT2D eigenvalue weighted by Gasteiger charge is 2.21. The van der Waals surface area contributed by atoms with Crippen molar-refractivity contribution in [2.45, 2.75) is 20.3 Å². The van der Waals surface area contributed by atoms with Crippen molar-refractivity contribution < 1.29 is 14.8 Å². The van der Waals surface area contributed by atoms with Gasteiger partial charge >= 0.3 is 0 Å². The van der Waals surface area contributed by atoms with Crippen LogP contribution < -0.4 is 10.1 Å². The number of nitro benzene ring substituents is 1. The Kier molecular flexibility index (Phi) is 5.11. The monoisotopic (exact) mass is 268 g/mol. The number of methoxy groups -OCH3 is 1. The van der Waals surface area contributed by atoms with Crippen LogP contribution in [0.25, 0.3) is 0 Å². The third-order valence-electron chi connectivity index (χ3n) is 3.34. The first kappa shape index (κ1) is 15.2. The number of aliphatic hydroxyl groups is 1. The van der Waals surface area contributed by atoms with E-state index in [1.165, 1.54) is 19.2 Å². The molecule has 0 fully saturated rings. The Morgan fingerprint density at radius 3 is 2.68 bits per heavy atom. The Bertz CT molecular complexity index is 444. The molecule has 0 heterocycles. The van der Waals surface area contributed by atoms with E-state index in [1.54, 1.807) is 6.07 Å². The topological polar surface area (TPSA) is 84.6 Å². The molecule has 106 valence electrons. The molecule has 2 N–H and O–H groups in total. The van der Waals surface area contributed by atoms with Gasteiger partial charge in [-0.1, -0.05) is 13.8 Å². The fraction of sp³-hybridized carbons (Fsp3) is 0.538. The molecule has 0 aliphatic rings. The summed E-state index contributed by atoms with van der Waals surface area (Å²) in [6.45, 7) is 4.61. The second-order valence-corrected chi connectivity index (χ2v) is 4.82. The van der Waals surface area contributed by atoms with E-state index in [-0.39, 0.29) is 17.7 Å². The zero-order valence-corrected chi connectivity index (χ0v) is 11.5. The largest absolute Gasteiger partial charge is 0.494 e. The minimum atomic E-state index is -0.462. The molecule has 1 aromatic rings. The number of non-ortho nitro benzene ring substituents is 1. The molecule has 1 aromatic carbocycles. The quantitative estimate of drug-likeness (QED) is 0.586. The van der Waals surface area contributed by atoms with Crippen LogP contribution in [-0.2, 0) is 0 Å². The van der Waals surface area contributed by atoms with Crippen LogP contribution in [0, 0.1) is 15.5 Å². The van der Waals surface area contributed by atoms with Gasteiger partial charge in [0.2, 0.25) is 0 Å². The molecule has 1 atom stereocenters. The smallest absolute Gasteiger partial charge is 0.273 e. The van der Waals surface area contributed by atoms with Gasteiger partial charge in [-0.15, -0.1) is 0 Å². The first-order chi connectivity index (χ1) is 8.95. The first-order valence-electron chi connectivity index (χ1n) is 6.13. The summed E-state index contributed by atoms with van der Waals surface area (Å²) >= 11 is 0. The summed E-state index contributed by atoms with van der Waals surface area (Å²) in [4.78, 5) is 10.2. The van der Waals surface area contributed by atoms with E-state index in [4.69, 9.17) is 4.74 Å². The summed E-state index contributed by atoms with van der Waals surface area (Å²) in [6.07, 6.45) is 0.825. The Morgan fingerprint density at radius 2 is 2.21 bits per heavy atom. The number of nitro groups is 1. The van der Waals surface area contributed by atoms with E-state index in [9.17, 15) is 15.2 Å². The summed E-state index contributed by atoms with van der Waals surface area (Å²) in [5.41, 5.74) is 0.441. The van der Waals surface area contributed by atoms with Crippen molar-refractivity contribution in [2.24, 2.45) is 5.41 Å². The lowest BCUT2D eigenvalue weighted by Crippen LogP contribution is -2.29. The van der Waals surface area contributed by atoms with E-state index >= 15 is 0 Å². The molecule has 0 amide bonds. The first-order valence-corrected chi connectivity index (χ1v) is 6.13. The summed E-state index contributed by atoms with van der Waals surface area (Å²) in [6, 6.07) is 4.42. The third kappa shape index (κ3) is 3.82. The molecule has 1 rings (SSSR count). The number of nitrogens with zero attached hydrogens (tertiary/aromatic N) is 1. The maximum atomic E-state index is 10.7. The van der Waals surface area contributed by atoms with Crippen molar-refractivity contribution in [1.82, 2.24) is 0 Å². The van der Waals surface area contributed by atoms with E-state index in [0.717, 1.165) is 6.42 Å². The van der Waals surface area contributed by atoms with E-state index in [0.29, 0.717) is 18.0 Å². The molecular formula is C13H20N2O4. The molecule has 0 radical (unpaired) electrons. The summed E-state index contributed by atoms with van der Waals surface area (Å²) < 4.78 is 5.14. The van der Waals surface area contributed by atoms with Gasteiger partial charge in [0.25, 0.3) is 5.69 Å². The highest BCUT2D eigenvalue weighted by molar-refractivity contribution is 5.60. The van der Waals surface area contributed by atoms with Crippen molar-refractivity contribution in [1.29, 1.82) is 0 Å². The van der Waals surface area contributed by atoms with Crippen LogP contribution in [-0.4, -0.2) is 30.3 Å². The fourth-order valence-electron chi connectivity index (χ4n) is 1.54. The van der Waals surface area contributed by atoms with Crippen LogP contribution in [0.4, 0.5) is 11.4 Å². The van der Waals surface area contributed by atoms with Gasteiger partial charge in [-0.25, -0.2) is 0 Å². The second kappa shape index (κ2) is 6.38. The van der Waals surface area contributed by atoms with Gasteiger partial charge in [0.15, 0.2) is 0 Å². The molecule has 0 aliphatic heterocycles. The number of hydrogen-bond acceptors (Lipinski definition) is 5. The van der Waals surface area contributed by atoms with Crippen LogP contribution >= 0.6 is 0 Å². The van der Waals surface area contributed by atoms with Gasteiger partial charge in [-0.05, 0) is 12.5 Å². The number of hydrogen-bond donors (Lipinski definition) is 2. The van der Waals surface area contributed by atoms with Crippen LogP contribution in [0.15, 0.2) is 18.2 Å². The maximum absolute atomic E-state index is 10.7. The number of benzene rings is 1. The van der Waals surface area contributed by atoms with Crippen LogP contribution in [0.3, 0.4) is 0 Å². The average molecular weight is 268 g/mol. The molecule has 19 heavy (non-hydrogen) atoms. The van der Waals surface area contributed by atoms with Crippen LogP contribution in [0.5, 0.6) is 5.75 Å². The van der Waals surface area contributed by atoms with Crippen molar-refractivity contribution in [3.8, 4) is 5.75 Å². The number of nitrogens with one attached hydrogen (secondary N) is 1. The molecular weight excluding hydrogens is 248 g/mol. The summed E-state index contributed by atoms with van der Waals surface area (Å²) in [7, 11) is 1.47. The molecule has 6 heteroatoms. The molecule has 6 nitrogen and oxygen atoms in total.